The number of aliphatic hydroxyl groups is 1. The number of primary amides is 1. The van der Waals surface area contributed by atoms with Crippen LogP contribution in [0.15, 0.2) is 0 Å². The molecule has 1 aliphatic heterocycles. The van der Waals surface area contributed by atoms with Gasteiger partial charge in [-0.25, -0.2) is 0 Å². The van der Waals surface area contributed by atoms with Gasteiger partial charge in [-0.3, -0.25) is 4.79 Å². The second-order valence-electron chi connectivity index (χ2n) is 3.30. The summed E-state index contributed by atoms with van der Waals surface area (Å²) >= 11 is 0. The first-order valence-electron chi connectivity index (χ1n) is 4.60. The van der Waals surface area contributed by atoms with E-state index in [4.69, 9.17) is 10.8 Å². The number of hydrogen-bond donors (Lipinski definition) is 3. The SMILES string of the molecule is NC(=O)C(O)CCN1CCNCC1. The Morgan fingerprint density at radius 2 is 2.15 bits per heavy atom. The molecule has 1 heterocycles. The number of hydrogen-bond acceptors (Lipinski definition) is 4. The number of rotatable bonds is 4. The molecule has 1 rings (SSSR count). The molecule has 0 radical (unpaired) electrons. The van der Waals surface area contributed by atoms with Crippen molar-refractivity contribution in [2.24, 2.45) is 5.73 Å². The van der Waals surface area contributed by atoms with Crippen LogP contribution in [0.4, 0.5) is 0 Å². The molecule has 4 N–H and O–H groups in total. The average Bonchev–Trinajstić information content (AvgIpc) is 2.15. The number of amides is 1. The number of piperazine rings is 1. The quantitative estimate of drug-likeness (QED) is 0.482. The van der Waals surface area contributed by atoms with Gasteiger partial charge in [-0.2, -0.15) is 0 Å². The summed E-state index contributed by atoms with van der Waals surface area (Å²) in [4.78, 5) is 12.7. The van der Waals surface area contributed by atoms with Gasteiger partial charge in [0.25, 0.3) is 0 Å². The lowest BCUT2D eigenvalue weighted by Gasteiger charge is -2.27. The van der Waals surface area contributed by atoms with Crippen LogP contribution in [-0.2, 0) is 4.79 Å². The molecule has 5 nitrogen and oxygen atoms in total. The molecule has 0 spiro atoms. The van der Waals surface area contributed by atoms with Gasteiger partial charge in [-0.15, -0.1) is 0 Å². The van der Waals surface area contributed by atoms with Crippen molar-refractivity contribution >= 4 is 5.91 Å². The smallest absolute Gasteiger partial charge is 0.246 e. The molecule has 5 heteroatoms. The maximum atomic E-state index is 10.5. The first-order valence-corrected chi connectivity index (χ1v) is 4.60. The zero-order chi connectivity index (χ0) is 9.68. The normalized spacial score (nSPS) is 21.3. The van der Waals surface area contributed by atoms with E-state index in [0.29, 0.717) is 6.42 Å². The maximum Gasteiger partial charge on any atom is 0.246 e. The minimum absolute atomic E-state index is 0.440. The summed E-state index contributed by atoms with van der Waals surface area (Å²) in [6.07, 6.45) is -0.551. The van der Waals surface area contributed by atoms with Crippen LogP contribution in [0.3, 0.4) is 0 Å². The Labute approximate surface area is 77.9 Å². The lowest BCUT2D eigenvalue weighted by molar-refractivity contribution is -0.126. The van der Waals surface area contributed by atoms with Gasteiger partial charge in [0.05, 0.1) is 0 Å². The Hall–Kier alpha value is -0.650. The lowest BCUT2D eigenvalue weighted by Crippen LogP contribution is -2.45. The number of nitrogens with one attached hydrogen (secondary N) is 1. The third kappa shape index (κ3) is 3.71. The summed E-state index contributed by atoms with van der Waals surface area (Å²) in [5, 5.41) is 12.4. The molecule has 76 valence electrons. The fraction of sp³-hybridized carbons (Fsp3) is 0.875. The summed E-state index contributed by atoms with van der Waals surface area (Å²) in [6.45, 7) is 4.65. The molecule has 0 saturated carbocycles. The highest BCUT2D eigenvalue weighted by Gasteiger charge is 2.14. The Morgan fingerprint density at radius 1 is 1.54 bits per heavy atom. The van der Waals surface area contributed by atoms with Crippen molar-refractivity contribution in [3.05, 3.63) is 0 Å². The molecule has 1 amide bonds. The summed E-state index contributed by atoms with van der Waals surface area (Å²) in [5.41, 5.74) is 4.93. The van der Waals surface area contributed by atoms with Crippen LogP contribution >= 0.6 is 0 Å². The van der Waals surface area contributed by atoms with E-state index in [-0.39, 0.29) is 0 Å². The third-order valence-electron chi connectivity index (χ3n) is 2.26. The van der Waals surface area contributed by atoms with Crippen LogP contribution in [0.25, 0.3) is 0 Å². The highest BCUT2D eigenvalue weighted by atomic mass is 16.3. The fourth-order valence-electron chi connectivity index (χ4n) is 1.38. The van der Waals surface area contributed by atoms with Gasteiger partial charge in [0.15, 0.2) is 0 Å². The van der Waals surface area contributed by atoms with Crippen molar-refractivity contribution < 1.29 is 9.90 Å². The van der Waals surface area contributed by atoms with Crippen molar-refractivity contribution in [1.29, 1.82) is 0 Å². The van der Waals surface area contributed by atoms with Crippen LogP contribution in [0.5, 0.6) is 0 Å². The van der Waals surface area contributed by atoms with Crippen molar-refractivity contribution in [3.63, 3.8) is 0 Å². The van der Waals surface area contributed by atoms with Gasteiger partial charge in [0.1, 0.15) is 6.10 Å². The highest BCUT2D eigenvalue weighted by Crippen LogP contribution is 1.97. The molecule has 0 aromatic rings. The first kappa shape index (κ1) is 10.4. The van der Waals surface area contributed by atoms with E-state index in [1.807, 2.05) is 0 Å². The molecule has 1 atom stereocenters. The minimum atomic E-state index is -0.991. The zero-order valence-electron chi connectivity index (χ0n) is 7.70. The zero-order valence-corrected chi connectivity index (χ0v) is 7.70. The van der Waals surface area contributed by atoms with Crippen LogP contribution < -0.4 is 11.1 Å². The predicted molar refractivity (Wildman–Crippen MR) is 49.1 cm³/mol. The molecule has 0 aromatic carbocycles. The Bertz CT molecular complexity index is 169. The number of nitrogens with two attached hydrogens (primary N) is 1. The molecule has 1 saturated heterocycles. The summed E-state index contributed by atoms with van der Waals surface area (Å²) in [5.74, 6) is -0.630. The maximum absolute atomic E-state index is 10.5. The summed E-state index contributed by atoms with van der Waals surface area (Å²) in [6, 6.07) is 0. The van der Waals surface area contributed by atoms with Gasteiger partial charge in [0, 0.05) is 32.7 Å². The molecular weight excluding hydrogens is 170 g/mol. The third-order valence-corrected chi connectivity index (χ3v) is 2.26. The number of aliphatic hydroxyl groups excluding tert-OH is 1. The van der Waals surface area contributed by atoms with E-state index < -0.39 is 12.0 Å². The van der Waals surface area contributed by atoms with E-state index in [2.05, 4.69) is 10.2 Å². The highest BCUT2D eigenvalue weighted by molar-refractivity contribution is 5.78. The van der Waals surface area contributed by atoms with Crippen LogP contribution in [0, 0.1) is 0 Å². The monoisotopic (exact) mass is 187 g/mol. The van der Waals surface area contributed by atoms with Crippen LogP contribution in [0.2, 0.25) is 0 Å². The van der Waals surface area contributed by atoms with Crippen LogP contribution in [0.1, 0.15) is 6.42 Å². The first-order chi connectivity index (χ1) is 6.20. The summed E-state index contributed by atoms with van der Waals surface area (Å²) in [7, 11) is 0. The summed E-state index contributed by atoms with van der Waals surface area (Å²) < 4.78 is 0. The molecule has 0 aliphatic carbocycles. The number of carbonyl (C=O) groups is 1. The Balaban J connectivity index is 2.13. The predicted octanol–water partition coefficient (Wildman–Crippen LogP) is -1.87. The number of nitrogens with zero attached hydrogens (tertiary/aromatic N) is 1. The Morgan fingerprint density at radius 3 is 2.69 bits per heavy atom. The second-order valence-corrected chi connectivity index (χ2v) is 3.30. The lowest BCUT2D eigenvalue weighted by atomic mass is 10.2. The topological polar surface area (TPSA) is 78.6 Å². The van der Waals surface area contributed by atoms with Gasteiger partial charge < -0.3 is 21.1 Å². The van der Waals surface area contributed by atoms with Gasteiger partial charge in [-0.05, 0) is 6.42 Å². The van der Waals surface area contributed by atoms with Crippen LogP contribution in [-0.4, -0.2) is 54.7 Å². The average molecular weight is 187 g/mol. The van der Waals surface area contributed by atoms with Gasteiger partial charge >= 0.3 is 0 Å². The fourth-order valence-corrected chi connectivity index (χ4v) is 1.38. The van der Waals surface area contributed by atoms with Crippen molar-refractivity contribution in [3.8, 4) is 0 Å². The van der Waals surface area contributed by atoms with Crippen molar-refractivity contribution in [1.82, 2.24) is 10.2 Å². The number of carbonyl (C=O) groups excluding carboxylic acids is 1. The molecule has 1 aliphatic rings. The van der Waals surface area contributed by atoms with E-state index in [9.17, 15) is 4.79 Å². The largest absolute Gasteiger partial charge is 0.383 e. The molecule has 13 heavy (non-hydrogen) atoms. The minimum Gasteiger partial charge on any atom is -0.383 e. The van der Waals surface area contributed by atoms with Gasteiger partial charge in [0.2, 0.25) is 5.91 Å². The van der Waals surface area contributed by atoms with Crippen molar-refractivity contribution in [2.75, 3.05) is 32.7 Å². The molecule has 1 unspecified atom stereocenters. The second kappa shape index (κ2) is 5.16. The van der Waals surface area contributed by atoms with E-state index in [1.165, 1.54) is 0 Å². The molecule has 1 fully saturated rings. The van der Waals surface area contributed by atoms with E-state index in [1.54, 1.807) is 0 Å². The van der Waals surface area contributed by atoms with Gasteiger partial charge in [-0.1, -0.05) is 0 Å². The van der Waals surface area contributed by atoms with E-state index in [0.717, 1.165) is 32.7 Å². The standard InChI is InChI=1S/C8H17N3O2/c9-8(13)7(12)1-4-11-5-2-10-3-6-11/h7,10,12H,1-6H2,(H2,9,13). The molecule has 0 aromatic heterocycles. The van der Waals surface area contributed by atoms with E-state index >= 15 is 0 Å². The van der Waals surface area contributed by atoms with Crippen molar-refractivity contribution in [2.45, 2.75) is 12.5 Å². The Kier molecular flexibility index (Phi) is 4.14. The molecule has 0 bridgehead atoms. The molecular formula is C8H17N3O2.